The smallest absolute Gasteiger partial charge is 0.315 e. The van der Waals surface area contributed by atoms with E-state index in [9.17, 15) is 67.4 Å². The second-order valence-corrected chi connectivity index (χ2v) is 25.8. The van der Waals surface area contributed by atoms with Crippen molar-refractivity contribution in [2.24, 2.45) is 34.8 Å². The van der Waals surface area contributed by atoms with E-state index in [-0.39, 0.29) is 85.9 Å². The van der Waals surface area contributed by atoms with Crippen molar-refractivity contribution in [1.82, 2.24) is 52.8 Å². The lowest BCUT2D eigenvalue weighted by Crippen LogP contribution is -2.65. The first-order chi connectivity index (χ1) is 39.7. The van der Waals surface area contributed by atoms with Crippen LogP contribution in [-0.4, -0.2) is 182 Å². The number of benzene rings is 1. The van der Waals surface area contributed by atoms with Gasteiger partial charge in [-0.05, 0) is 68.1 Å². The normalized spacial score (nSPS) is 27.0. The van der Waals surface area contributed by atoms with Crippen molar-refractivity contribution in [3.63, 3.8) is 0 Å². The number of primary amides is 3. The summed E-state index contributed by atoms with van der Waals surface area (Å²) in [6.45, 7) is 6.42. The third-order valence-corrected chi connectivity index (χ3v) is 18.9. The third kappa shape index (κ3) is 19.6. The standard InChI is InChI=1S/C53H80N14O14S3/c1-5-27(4)42-49(78)59-30(16-17-39(54)70)45(74)60-33(21-40(55)71)46(75)62-35(50(79)67-18-8-9-36(67)48(77)61-31(19-26(2)3)44(73)58-22-41(56)72)24-83-84-25-53(57,38(69)11-7-6-10-37-43-34(23-82-37)64-52(81)66-43)51(80)63-32(47(76)65-42)20-28-12-14-29(68)15-13-28/h12-15,26-27,30-37,42-43,68H,5-11,16-25,57H2,1-4H3,(H2,54,70)(H2,55,71)(H2,56,72)(H,58,73)(H,59,78)(H,60,74)(H,61,77)(H,62,75)(H,63,80)(H,65,76)(H2,64,66,81)/t27-,30-,31-,32-,33-,34-,35-,36-,37-,42-,43-,53+/m0/s1. The molecule has 1 aromatic carbocycles. The van der Waals surface area contributed by atoms with E-state index in [1.54, 1.807) is 39.5 Å². The highest BCUT2D eigenvalue weighted by Crippen LogP contribution is 2.34. The highest BCUT2D eigenvalue weighted by Gasteiger charge is 2.46. The van der Waals surface area contributed by atoms with Crippen LogP contribution >= 0.6 is 33.3 Å². The summed E-state index contributed by atoms with van der Waals surface area (Å²) in [5.41, 5.74) is 21.3. The van der Waals surface area contributed by atoms with Gasteiger partial charge in [-0.3, -0.25) is 57.5 Å². The number of fused-ring (bicyclic) bond motifs is 1. The summed E-state index contributed by atoms with van der Waals surface area (Å²) >= 11 is 1.69. The van der Waals surface area contributed by atoms with Crippen LogP contribution in [0.15, 0.2) is 24.3 Å². The Morgan fingerprint density at radius 2 is 1.44 bits per heavy atom. The zero-order chi connectivity index (χ0) is 62.0. The highest BCUT2D eigenvalue weighted by molar-refractivity contribution is 8.76. The van der Waals surface area contributed by atoms with Gasteiger partial charge in [-0.15, -0.1) is 0 Å². The van der Waals surface area contributed by atoms with Gasteiger partial charge in [0.25, 0.3) is 0 Å². The first kappa shape index (κ1) is 67.9. The molecule has 0 aliphatic carbocycles. The van der Waals surface area contributed by atoms with Crippen LogP contribution in [0.2, 0.25) is 0 Å². The molecule has 4 aliphatic rings. The molecule has 0 spiro atoms. The summed E-state index contributed by atoms with van der Waals surface area (Å²) in [6, 6.07) is -5.11. The highest BCUT2D eigenvalue weighted by atomic mass is 33.1. The number of rotatable bonds is 23. The van der Waals surface area contributed by atoms with E-state index >= 15 is 0 Å². The molecule has 0 unspecified atom stereocenters. The number of thioether (sulfide) groups is 1. The molecular weight excluding hydrogens is 1150 g/mol. The van der Waals surface area contributed by atoms with Crippen molar-refractivity contribution >= 4 is 110 Å². The van der Waals surface area contributed by atoms with Crippen molar-refractivity contribution in [3.05, 3.63) is 29.8 Å². The summed E-state index contributed by atoms with van der Waals surface area (Å²) in [7, 11) is 1.75. The Balaban J connectivity index is 1.54. The Hall–Kier alpha value is -6.86. The summed E-state index contributed by atoms with van der Waals surface area (Å²) < 4.78 is 0. The monoisotopic (exact) mass is 1230 g/mol. The molecule has 1 aromatic rings. The predicted molar refractivity (Wildman–Crippen MR) is 312 cm³/mol. The van der Waals surface area contributed by atoms with E-state index in [0.717, 1.165) is 21.6 Å². The first-order valence-corrected chi connectivity index (χ1v) is 31.5. The van der Waals surface area contributed by atoms with Gasteiger partial charge in [-0.2, -0.15) is 11.8 Å². The van der Waals surface area contributed by atoms with Crippen LogP contribution in [0.4, 0.5) is 4.79 Å². The Labute approximate surface area is 498 Å². The van der Waals surface area contributed by atoms with Gasteiger partial charge in [-0.25, -0.2) is 4.79 Å². The number of nitrogens with zero attached hydrogens (tertiary/aromatic N) is 1. The second kappa shape index (κ2) is 31.9. The number of phenols is 1. The number of carbonyl (C=O) groups is 13. The van der Waals surface area contributed by atoms with Crippen molar-refractivity contribution < 1.29 is 67.4 Å². The number of hydrogen-bond acceptors (Lipinski definition) is 18. The van der Waals surface area contributed by atoms with Crippen molar-refractivity contribution in [2.75, 3.05) is 30.3 Å². The lowest BCUT2D eigenvalue weighted by atomic mass is 9.91. The molecule has 84 heavy (non-hydrogen) atoms. The summed E-state index contributed by atoms with van der Waals surface area (Å²) in [4.78, 5) is 179. The molecule has 0 radical (unpaired) electrons. The average Bonchev–Trinajstić information content (AvgIpc) is 4.21. The van der Waals surface area contributed by atoms with Crippen LogP contribution in [0.5, 0.6) is 5.75 Å². The number of likely N-dealkylation sites (tertiary alicyclic amines) is 1. The molecule has 4 heterocycles. The lowest BCUT2D eigenvalue weighted by Gasteiger charge is -2.32. The van der Waals surface area contributed by atoms with E-state index in [1.165, 1.54) is 29.2 Å². The first-order valence-electron chi connectivity index (χ1n) is 28.0. The summed E-state index contributed by atoms with van der Waals surface area (Å²) in [6.07, 6.45) is -0.0253. The Morgan fingerprint density at radius 1 is 0.762 bits per heavy atom. The predicted octanol–water partition coefficient (Wildman–Crippen LogP) is -2.94. The zero-order valence-electron chi connectivity index (χ0n) is 47.5. The summed E-state index contributed by atoms with van der Waals surface area (Å²) in [5.74, 6) is -12.0. The van der Waals surface area contributed by atoms with Gasteiger partial charge in [0.1, 0.15) is 48.0 Å². The fourth-order valence-electron chi connectivity index (χ4n) is 10.1. The number of Topliss-reactive ketones (excluding diaryl/α,β-unsaturated/α-hetero) is 1. The molecule has 0 saturated carbocycles. The van der Waals surface area contributed by atoms with Crippen LogP contribution in [-0.2, 0) is 64.0 Å². The SMILES string of the molecule is CC[C@H](C)[C@@H]1NC(=O)[C@H](Cc2ccc(O)cc2)NC(=O)[C@](N)(C(=O)CCCC[C@@H]2SC[C@@H]3NC(=O)N[C@@H]32)CSSC[C@@H](C(=O)N2CCC[C@H]2C(=O)N[C@@H](CC(C)C)C(=O)NCC(N)=O)NC(=O)[C@H](CC(N)=O)NC(=O)[C@H](CCC(N)=O)NC1=O. The molecule has 28 nitrogen and oxygen atoms in total. The zero-order valence-corrected chi connectivity index (χ0v) is 49.9. The number of carbonyl (C=O) groups excluding carboxylic acids is 13. The molecular formula is C53H80N14O14S3. The van der Waals surface area contributed by atoms with Crippen LogP contribution in [0.1, 0.15) is 104 Å². The van der Waals surface area contributed by atoms with Gasteiger partial charge in [-0.1, -0.05) is 74.3 Å². The van der Waals surface area contributed by atoms with Gasteiger partial charge in [0.05, 0.1) is 25.0 Å². The maximum atomic E-state index is 14.9. The molecule has 0 bridgehead atoms. The number of nitrogens with two attached hydrogens (primary N) is 4. The maximum Gasteiger partial charge on any atom is 0.315 e. The van der Waals surface area contributed by atoms with Crippen LogP contribution in [0, 0.1) is 11.8 Å². The molecule has 13 amide bonds. The van der Waals surface area contributed by atoms with Gasteiger partial charge in [0.15, 0.2) is 11.3 Å². The number of urea groups is 1. The summed E-state index contributed by atoms with van der Waals surface area (Å²) in [5, 5.41) is 33.9. The van der Waals surface area contributed by atoms with Gasteiger partial charge in [0.2, 0.25) is 65.0 Å². The number of ketones is 1. The quantitative estimate of drug-likeness (QED) is 0.0226. The number of nitrogens with one attached hydrogen (secondary N) is 9. The molecule has 18 N–H and O–H groups in total. The minimum Gasteiger partial charge on any atom is -0.508 e. The van der Waals surface area contributed by atoms with E-state index in [1.807, 2.05) is 0 Å². The average molecular weight is 1230 g/mol. The molecule has 4 fully saturated rings. The molecule has 31 heteroatoms. The minimum atomic E-state index is -2.39. The molecule has 4 aliphatic heterocycles. The van der Waals surface area contributed by atoms with Crippen molar-refractivity contribution in [1.29, 1.82) is 0 Å². The Bertz CT molecular complexity index is 2620. The van der Waals surface area contributed by atoms with Crippen molar-refractivity contribution in [3.8, 4) is 5.75 Å². The van der Waals surface area contributed by atoms with Gasteiger partial charge >= 0.3 is 6.03 Å². The number of unbranched alkanes of at least 4 members (excludes halogenated alkanes) is 1. The Morgan fingerprint density at radius 3 is 2.10 bits per heavy atom. The van der Waals surface area contributed by atoms with E-state index < -0.39 is 156 Å². The number of hydrogen-bond donors (Lipinski definition) is 14. The molecule has 5 rings (SSSR count). The van der Waals surface area contributed by atoms with E-state index in [2.05, 4.69) is 47.9 Å². The number of amides is 13. The minimum absolute atomic E-state index is 0.0180. The topological polar surface area (TPSA) is 458 Å². The molecule has 12 atom stereocenters. The van der Waals surface area contributed by atoms with Gasteiger partial charge < -0.3 is 80.8 Å². The van der Waals surface area contributed by atoms with Crippen LogP contribution in [0.3, 0.4) is 0 Å². The van der Waals surface area contributed by atoms with Gasteiger partial charge in [0, 0.05) is 48.3 Å². The van der Waals surface area contributed by atoms with Crippen molar-refractivity contribution in [2.45, 2.75) is 170 Å². The largest absolute Gasteiger partial charge is 0.508 e. The number of phenolic OH excluding ortho intramolecular Hbond substituents is 1. The lowest BCUT2D eigenvalue weighted by molar-refractivity contribution is -0.142. The van der Waals surface area contributed by atoms with E-state index in [4.69, 9.17) is 22.9 Å². The molecule has 0 aromatic heterocycles. The van der Waals surface area contributed by atoms with E-state index in [0.29, 0.717) is 30.6 Å². The fourth-order valence-corrected chi connectivity index (χ4v) is 14.1. The maximum absolute atomic E-state index is 14.9. The number of aromatic hydroxyl groups is 1. The van der Waals surface area contributed by atoms with Crippen LogP contribution < -0.4 is 70.8 Å². The van der Waals surface area contributed by atoms with Crippen LogP contribution in [0.25, 0.3) is 0 Å². The second-order valence-electron chi connectivity index (χ2n) is 22.0. The Kier molecular flexibility index (Phi) is 25.8. The fraction of sp³-hybridized carbons (Fsp3) is 0.642. The molecule has 4 saturated heterocycles. The molecule has 464 valence electrons. The third-order valence-electron chi connectivity index (χ3n) is 15.0.